The number of allylic oxidation sites excluding steroid dienone is 1. The van der Waals surface area contributed by atoms with Gasteiger partial charge in [-0.25, -0.2) is 4.98 Å². The monoisotopic (exact) mass is 339 g/mol. The van der Waals surface area contributed by atoms with Crippen molar-refractivity contribution in [3.8, 4) is 11.8 Å². The maximum absolute atomic E-state index is 9.65. The number of aromatic nitrogens is 4. The third-order valence-electron chi connectivity index (χ3n) is 4.44. The Balaban J connectivity index is 1.81. The Kier molecular flexibility index (Phi) is 3.86. The van der Waals surface area contributed by atoms with E-state index in [4.69, 9.17) is 0 Å². The molecule has 0 amide bonds. The van der Waals surface area contributed by atoms with Crippen LogP contribution in [0.25, 0.3) is 28.4 Å². The van der Waals surface area contributed by atoms with Crippen molar-refractivity contribution in [3.05, 3.63) is 77.6 Å². The lowest BCUT2D eigenvalue weighted by atomic mass is 10.1. The van der Waals surface area contributed by atoms with Crippen LogP contribution in [0.1, 0.15) is 22.8 Å². The number of hydrogen-bond acceptors (Lipinski definition) is 3. The van der Waals surface area contributed by atoms with Crippen molar-refractivity contribution in [3.63, 3.8) is 0 Å². The summed E-state index contributed by atoms with van der Waals surface area (Å²) in [7, 11) is 0. The van der Waals surface area contributed by atoms with E-state index in [1.54, 1.807) is 6.20 Å². The van der Waals surface area contributed by atoms with E-state index in [0.29, 0.717) is 11.4 Å². The number of imidazole rings is 1. The second-order valence-corrected chi connectivity index (χ2v) is 6.15. The second kappa shape index (κ2) is 6.34. The number of para-hydroxylation sites is 2. The van der Waals surface area contributed by atoms with Gasteiger partial charge in [0.05, 0.1) is 28.5 Å². The van der Waals surface area contributed by atoms with Crippen molar-refractivity contribution in [1.82, 2.24) is 19.5 Å². The third kappa shape index (κ3) is 2.68. The number of aryl methyl sites for hydroxylation is 1. The van der Waals surface area contributed by atoms with Gasteiger partial charge in [-0.2, -0.15) is 5.26 Å². The van der Waals surface area contributed by atoms with Crippen LogP contribution in [0.2, 0.25) is 0 Å². The summed E-state index contributed by atoms with van der Waals surface area (Å²) in [5.41, 5.74) is 6.41. The Hall–Kier alpha value is -3.65. The molecule has 1 aromatic carbocycles. The van der Waals surface area contributed by atoms with Crippen LogP contribution in [0.4, 0.5) is 0 Å². The molecule has 4 aromatic rings. The van der Waals surface area contributed by atoms with E-state index in [2.05, 4.69) is 31.7 Å². The highest BCUT2D eigenvalue weighted by atomic mass is 15.0. The van der Waals surface area contributed by atoms with Crippen LogP contribution in [0, 0.1) is 25.2 Å². The van der Waals surface area contributed by atoms with E-state index in [9.17, 15) is 5.26 Å². The standard InChI is InChI=1S/C21H17N5/c1-14-10-16(15(2)26(14)18-6-5-9-23-13-18)11-17(12-22)21-24-19-7-3-4-8-20(19)25-21/h3-11,13H,1-2H3,(H,24,25)/b17-11+. The molecule has 0 aliphatic heterocycles. The first-order chi connectivity index (χ1) is 12.7. The Bertz CT molecular complexity index is 1120. The number of nitriles is 1. The molecule has 126 valence electrons. The molecule has 3 aromatic heterocycles. The van der Waals surface area contributed by atoms with Crippen LogP contribution in [0.3, 0.4) is 0 Å². The first kappa shape index (κ1) is 15.9. The molecule has 0 fully saturated rings. The summed E-state index contributed by atoms with van der Waals surface area (Å²) in [5.74, 6) is 0.583. The molecule has 0 radical (unpaired) electrons. The molecule has 3 heterocycles. The number of hydrogen-bond donors (Lipinski definition) is 1. The highest BCUT2D eigenvalue weighted by Crippen LogP contribution is 2.25. The van der Waals surface area contributed by atoms with E-state index in [1.807, 2.05) is 62.5 Å². The molecule has 5 nitrogen and oxygen atoms in total. The van der Waals surface area contributed by atoms with Crippen molar-refractivity contribution < 1.29 is 0 Å². The van der Waals surface area contributed by atoms with Gasteiger partial charge in [-0.15, -0.1) is 0 Å². The molecule has 4 rings (SSSR count). The number of pyridine rings is 1. The number of fused-ring (bicyclic) bond motifs is 1. The minimum Gasteiger partial charge on any atom is -0.337 e. The van der Waals surface area contributed by atoms with Crippen LogP contribution in [-0.4, -0.2) is 19.5 Å². The van der Waals surface area contributed by atoms with Gasteiger partial charge in [0, 0.05) is 17.6 Å². The van der Waals surface area contributed by atoms with Crippen LogP contribution >= 0.6 is 0 Å². The largest absolute Gasteiger partial charge is 0.337 e. The molecule has 0 atom stereocenters. The molecule has 0 spiro atoms. The van der Waals surface area contributed by atoms with Crippen LogP contribution in [0.5, 0.6) is 0 Å². The zero-order chi connectivity index (χ0) is 18.1. The van der Waals surface area contributed by atoms with Crippen molar-refractivity contribution in [2.75, 3.05) is 0 Å². The molecular formula is C21H17N5. The summed E-state index contributed by atoms with van der Waals surface area (Å²) < 4.78 is 2.13. The molecule has 5 heteroatoms. The van der Waals surface area contributed by atoms with Crippen LogP contribution < -0.4 is 0 Å². The lowest BCUT2D eigenvalue weighted by molar-refractivity contribution is 0.954. The fraction of sp³-hybridized carbons (Fsp3) is 0.0952. The number of nitrogens with zero attached hydrogens (tertiary/aromatic N) is 4. The molecule has 1 N–H and O–H groups in total. The summed E-state index contributed by atoms with van der Waals surface area (Å²) in [6, 6.07) is 16.0. The molecule has 0 bridgehead atoms. The lowest BCUT2D eigenvalue weighted by Gasteiger charge is -2.08. The molecule has 0 aliphatic carbocycles. The summed E-state index contributed by atoms with van der Waals surface area (Å²) in [5, 5.41) is 9.65. The quantitative estimate of drug-likeness (QED) is 0.561. The Morgan fingerprint density at radius 2 is 2.04 bits per heavy atom. The summed E-state index contributed by atoms with van der Waals surface area (Å²) in [6.07, 6.45) is 5.47. The predicted octanol–water partition coefficient (Wildman–Crippen LogP) is 4.43. The molecule has 0 aliphatic rings. The van der Waals surface area contributed by atoms with Crippen LogP contribution in [0.15, 0.2) is 54.9 Å². The van der Waals surface area contributed by atoms with Gasteiger partial charge in [0.25, 0.3) is 0 Å². The smallest absolute Gasteiger partial charge is 0.149 e. The second-order valence-electron chi connectivity index (χ2n) is 6.15. The van der Waals surface area contributed by atoms with Gasteiger partial charge in [-0.1, -0.05) is 12.1 Å². The van der Waals surface area contributed by atoms with E-state index in [0.717, 1.165) is 33.7 Å². The predicted molar refractivity (Wildman–Crippen MR) is 103 cm³/mol. The molecule has 0 saturated heterocycles. The third-order valence-corrected chi connectivity index (χ3v) is 4.44. The minimum atomic E-state index is 0.507. The molecule has 0 unspecified atom stereocenters. The fourth-order valence-electron chi connectivity index (χ4n) is 3.21. The zero-order valence-electron chi connectivity index (χ0n) is 14.6. The van der Waals surface area contributed by atoms with Gasteiger partial charge in [0.2, 0.25) is 0 Å². The average molecular weight is 339 g/mol. The SMILES string of the molecule is Cc1cc(/C=C(\C#N)c2nc3ccccc3[nH]2)c(C)n1-c1cccnc1. The Labute approximate surface area is 151 Å². The Morgan fingerprint density at radius 1 is 1.19 bits per heavy atom. The van der Waals surface area contributed by atoms with Gasteiger partial charge >= 0.3 is 0 Å². The summed E-state index contributed by atoms with van der Waals surface area (Å²) in [4.78, 5) is 12.0. The first-order valence-electron chi connectivity index (χ1n) is 8.33. The van der Waals surface area contributed by atoms with Gasteiger partial charge < -0.3 is 9.55 Å². The number of rotatable bonds is 3. The average Bonchev–Trinajstić information content (AvgIpc) is 3.21. The number of nitrogens with one attached hydrogen (secondary N) is 1. The number of H-pyrrole nitrogens is 1. The lowest BCUT2D eigenvalue weighted by Crippen LogP contribution is -1.99. The van der Waals surface area contributed by atoms with Crippen molar-refractivity contribution in [2.45, 2.75) is 13.8 Å². The maximum atomic E-state index is 9.65. The maximum Gasteiger partial charge on any atom is 0.149 e. The van der Waals surface area contributed by atoms with Crippen molar-refractivity contribution in [1.29, 1.82) is 5.26 Å². The summed E-state index contributed by atoms with van der Waals surface area (Å²) >= 11 is 0. The van der Waals surface area contributed by atoms with E-state index >= 15 is 0 Å². The normalized spacial score (nSPS) is 11.7. The van der Waals surface area contributed by atoms with Crippen molar-refractivity contribution >= 4 is 22.7 Å². The van der Waals surface area contributed by atoms with Gasteiger partial charge in [-0.3, -0.25) is 4.98 Å². The summed E-state index contributed by atoms with van der Waals surface area (Å²) in [6.45, 7) is 4.09. The van der Waals surface area contributed by atoms with Gasteiger partial charge in [0.15, 0.2) is 0 Å². The molecule has 0 saturated carbocycles. The van der Waals surface area contributed by atoms with Crippen molar-refractivity contribution in [2.24, 2.45) is 0 Å². The highest BCUT2D eigenvalue weighted by Gasteiger charge is 2.12. The van der Waals surface area contributed by atoms with E-state index < -0.39 is 0 Å². The topological polar surface area (TPSA) is 70.3 Å². The van der Waals surface area contributed by atoms with E-state index in [1.165, 1.54) is 0 Å². The zero-order valence-corrected chi connectivity index (χ0v) is 14.6. The minimum absolute atomic E-state index is 0.507. The van der Waals surface area contributed by atoms with E-state index in [-0.39, 0.29) is 0 Å². The highest BCUT2D eigenvalue weighted by molar-refractivity contribution is 5.90. The van der Waals surface area contributed by atoms with Gasteiger partial charge in [0.1, 0.15) is 11.9 Å². The van der Waals surface area contributed by atoms with Gasteiger partial charge in [-0.05, 0) is 55.8 Å². The molecular weight excluding hydrogens is 322 g/mol. The number of aromatic amines is 1. The molecule has 26 heavy (non-hydrogen) atoms. The van der Waals surface area contributed by atoms with Crippen LogP contribution in [-0.2, 0) is 0 Å². The first-order valence-corrected chi connectivity index (χ1v) is 8.33. The Morgan fingerprint density at radius 3 is 2.77 bits per heavy atom. The number of benzene rings is 1. The fourth-order valence-corrected chi connectivity index (χ4v) is 3.21.